The van der Waals surface area contributed by atoms with E-state index in [0.29, 0.717) is 22.8 Å². The molecule has 0 bridgehead atoms. The van der Waals surface area contributed by atoms with E-state index in [-0.39, 0.29) is 13.2 Å². The number of hydrogen-bond acceptors (Lipinski definition) is 6. The molecule has 0 radical (unpaired) electrons. The molecule has 2 aromatic carbocycles. The number of esters is 2. The highest BCUT2D eigenvalue weighted by molar-refractivity contribution is 5.92. The van der Waals surface area contributed by atoms with Crippen LogP contribution in [0.15, 0.2) is 42.5 Å². The maximum absolute atomic E-state index is 11.9. The van der Waals surface area contributed by atoms with Gasteiger partial charge in [0.2, 0.25) is 0 Å². The second-order valence-electron chi connectivity index (χ2n) is 5.09. The maximum atomic E-state index is 11.9. The number of carbonyl (C=O) groups excluding carboxylic acids is 2. The molecular formula is C19H20O6. The summed E-state index contributed by atoms with van der Waals surface area (Å²) in [6.45, 7) is 3.61. The Bertz CT molecular complexity index is 753. The van der Waals surface area contributed by atoms with Crippen molar-refractivity contribution in [2.45, 2.75) is 13.8 Å². The Morgan fingerprint density at radius 3 is 2.44 bits per heavy atom. The SMILES string of the molecule is CCOC(=O)COc1c(C)cccc1Oc1ccccc1C(=O)OC. The van der Waals surface area contributed by atoms with E-state index in [2.05, 4.69) is 0 Å². The van der Waals surface area contributed by atoms with Crippen molar-refractivity contribution >= 4 is 11.9 Å². The molecule has 6 heteroatoms. The molecule has 0 unspecified atom stereocenters. The molecule has 0 heterocycles. The van der Waals surface area contributed by atoms with E-state index >= 15 is 0 Å². The van der Waals surface area contributed by atoms with Crippen LogP contribution in [0.1, 0.15) is 22.8 Å². The molecule has 0 amide bonds. The van der Waals surface area contributed by atoms with Crippen LogP contribution in [0.2, 0.25) is 0 Å². The summed E-state index contributed by atoms with van der Waals surface area (Å²) in [5, 5.41) is 0. The number of methoxy groups -OCH3 is 1. The molecule has 0 aliphatic rings. The number of carbonyl (C=O) groups is 2. The summed E-state index contributed by atoms with van der Waals surface area (Å²) in [5.41, 5.74) is 1.08. The first kappa shape index (κ1) is 18.3. The fourth-order valence-corrected chi connectivity index (χ4v) is 2.18. The summed E-state index contributed by atoms with van der Waals surface area (Å²) < 4.78 is 21.0. The molecule has 0 N–H and O–H groups in total. The molecule has 0 aromatic heterocycles. The van der Waals surface area contributed by atoms with E-state index in [1.54, 1.807) is 43.3 Å². The minimum Gasteiger partial charge on any atom is -0.478 e. The summed E-state index contributed by atoms with van der Waals surface area (Å²) in [4.78, 5) is 23.4. The van der Waals surface area contributed by atoms with Crippen molar-refractivity contribution in [2.24, 2.45) is 0 Å². The molecular weight excluding hydrogens is 324 g/mol. The molecule has 0 saturated heterocycles. The topological polar surface area (TPSA) is 71.1 Å². The number of ether oxygens (including phenoxy) is 4. The van der Waals surface area contributed by atoms with Gasteiger partial charge in [-0.05, 0) is 37.6 Å². The number of para-hydroxylation sites is 2. The normalized spacial score (nSPS) is 10.0. The van der Waals surface area contributed by atoms with Crippen LogP contribution in [-0.2, 0) is 14.3 Å². The molecule has 2 rings (SSSR count). The van der Waals surface area contributed by atoms with Crippen LogP contribution < -0.4 is 9.47 Å². The van der Waals surface area contributed by atoms with Crippen LogP contribution in [-0.4, -0.2) is 32.3 Å². The molecule has 6 nitrogen and oxygen atoms in total. The highest BCUT2D eigenvalue weighted by Crippen LogP contribution is 2.35. The minimum absolute atomic E-state index is 0.228. The molecule has 0 saturated carbocycles. The van der Waals surface area contributed by atoms with Gasteiger partial charge in [0.15, 0.2) is 18.1 Å². The Morgan fingerprint density at radius 2 is 1.72 bits per heavy atom. The van der Waals surface area contributed by atoms with Gasteiger partial charge in [0.25, 0.3) is 0 Å². The van der Waals surface area contributed by atoms with E-state index in [1.165, 1.54) is 7.11 Å². The van der Waals surface area contributed by atoms with Crippen LogP contribution in [0.25, 0.3) is 0 Å². The lowest BCUT2D eigenvalue weighted by atomic mass is 10.2. The van der Waals surface area contributed by atoms with Crippen molar-refractivity contribution in [3.8, 4) is 17.2 Å². The summed E-state index contributed by atoms with van der Waals surface area (Å²) in [5.74, 6) is 0.167. The standard InChI is InChI=1S/C19H20O6/c1-4-23-17(20)12-24-18-13(2)8-7-11-16(18)25-15-10-6-5-9-14(15)19(21)22-3/h5-11H,4,12H2,1-3H3. The molecule has 0 atom stereocenters. The third-order valence-electron chi connectivity index (χ3n) is 3.33. The van der Waals surface area contributed by atoms with Crippen molar-refractivity contribution in [1.82, 2.24) is 0 Å². The quantitative estimate of drug-likeness (QED) is 0.716. The Labute approximate surface area is 146 Å². The Morgan fingerprint density at radius 1 is 1.00 bits per heavy atom. The van der Waals surface area contributed by atoms with Crippen LogP contribution in [0.5, 0.6) is 17.2 Å². The lowest BCUT2D eigenvalue weighted by Gasteiger charge is -2.15. The average Bonchev–Trinajstić information content (AvgIpc) is 2.61. The predicted octanol–water partition coefficient (Wildman–Crippen LogP) is 3.52. The molecule has 132 valence electrons. The molecule has 0 spiro atoms. The fourth-order valence-electron chi connectivity index (χ4n) is 2.18. The maximum Gasteiger partial charge on any atom is 0.344 e. The monoisotopic (exact) mass is 344 g/mol. The second-order valence-corrected chi connectivity index (χ2v) is 5.09. The van der Waals surface area contributed by atoms with E-state index < -0.39 is 11.9 Å². The van der Waals surface area contributed by atoms with E-state index in [9.17, 15) is 9.59 Å². The minimum atomic E-state index is -0.503. The zero-order valence-electron chi connectivity index (χ0n) is 14.4. The van der Waals surface area contributed by atoms with Crippen LogP contribution >= 0.6 is 0 Å². The first-order chi connectivity index (χ1) is 12.1. The lowest BCUT2D eigenvalue weighted by Crippen LogP contribution is -2.15. The van der Waals surface area contributed by atoms with Gasteiger partial charge in [0.1, 0.15) is 11.3 Å². The van der Waals surface area contributed by atoms with E-state index in [0.717, 1.165) is 5.56 Å². The van der Waals surface area contributed by atoms with Gasteiger partial charge in [0.05, 0.1) is 13.7 Å². The van der Waals surface area contributed by atoms with Crippen molar-refractivity contribution < 1.29 is 28.5 Å². The average molecular weight is 344 g/mol. The number of benzene rings is 2. The molecule has 2 aromatic rings. The third-order valence-corrected chi connectivity index (χ3v) is 3.33. The van der Waals surface area contributed by atoms with Gasteiger partial charge >= 0.3 is 11.9 Å². The van der Waals surface area contributed by atoms with Gasteiger partial charge in [-0.2, -0.15) is 0 Å². The number of hydrogen-bond donors (Lipinski definition) is 0. The van der Waals surface area contributed by atoms with Crippen molar-refractivity contribution in [1.29, 1.82) is 0 Å². The van der Waals surface area contributed by atoms with Gasteiger partial charge in [0, 0.05) is 0 Å². The Hall–Kier alpha value is -3.02. The van der Waals surface area contributed by atoms with Gasteiger partial charge in [-0.15, -0.1) is 0 Å². The van der Waals surface area contributed by atoms with Gasteiger partial charge < -0.3 is 18.9 Å². The summed E-state index contributed by atoms with van der Waals surface area (Å²) in [6.07, 6.45) is 0. The first-order valence-corrected chi connectivity index (χ1v) is 7.80. The number of rotatable bonds is 7. The van der Waals surface area contributed by atoms with Gasteiger partial charge in [-0.3, -0.25) is 0 Å². The van der Waals surface area contributed by atoms with E-state index in [4.69, 9.17) is 18.9 Å². The highest BCUT2D eigenvalue weighted by atomic mass is 16.6. The fraction of sp³-hybridized carbons (Fsp3) is 0.263. The smallest absolute Gasteiger partial charge is 0.344 e. The Kier molecular flexibility index (Phi) is 6.39. The third kappa shape index (κ3) is 4.73. The van der Waals surface area contributed by atoms with Gasteiger partial charge in [-0.25, -0.2) is 9.59 Å². The number of aryl methyl sites for hydroxylation is 1. The Balaban J connectivity index is 2.27. The highest BCUT2D eigenvalue weighted by Gasteiger charge is 2.16. The molecule has 25 heavy (non-hydrogen) atoms. The zero-order chi connectivity index (χ0) is 18.2. The van der Waals surface area contributed by atoms with Crippen LogP contribution in [0, 0.1) is 6.92 Å². The molecule has 0 aliphatic heterocycles. The molecule has 0 aliphatic carbocycles. The van der Waals surface area contributed by atoms with Crippen molar-refractivity contribution in [2.75, 3.05) is 20.3 Å². The van der Waals surface area contributed by atoms with Crippen LogP contribution in [0.4, 0.5) is 0 Å². The summed E-state index contributed by atoms with van der Waals surface area (Å²) >= 11 is 0. The van der Waals surface area contributed by atoms with Crippen molar-refractivity contribution in [3.63, 3.8) is 0 Å². The zero-order valence-corrected chi connectivity index (χ0v) is 14.4. The van der Waals surface area contributed by atoms with E-state index in [1.807, 2.05) is 13.0 Å². The largest absolute Gasteiger partial charge is 0.478 e. The van der Waals surface area contributed by atoms with Crippen molar-refractivity contribution in [3.05, 3.63) is 53.6 Å². The summed E-state index contributed by atoms with van der Waals surface area (Å²) in [7, 11) is 1.31. The van der Waals surface area contributed by atoms with Gasteiger partial charge in [-0.1, -0.05) is 24.3 Å². The summed E-state index contributed by atoms with van der Waals surface area (Å²) in [6, 6.07) is 12.0. The lowest BCUT2D eigenvalue weighted by molar-refractivity contribution is -0.145. The van der Waals surface area contributed by atoms with Crippen LogP contribution in [0.3, 0.4) is 0 Å². The second kappa shape index (κ2) is 8.73. The predicted molar refractivity (Wildman–Crippen MR) is 91.2 cm³/mol. The molecule has 0 fully saturated rings. The first-order valence-electron chi connectivity index (χ1n) is 7.80.